The van der Waals surface area contributed by atoms with Crippen LogP contribution in [0.25, 0.3) is 11.4 Å². The van der Waals surface area contributed by atoms with Crippen LogP contribution in [0, 0.1) is 13.8 Å². The van der Waals surface area contributed by atoms with Crippen LogP contribution < -0.4 is 14.8 Å². The van der Waals surface area contributed by atoms with E-state index in [2.05, 4.69) is 25.0 Å². The molecule has 148 valence electrons. The van der Waals surface area contributed by atoms with Crippen molar-refractivity contribution < 1.29 is 13.2 Å². The molecule has 1 aromatic carbocycles. The highest BCUT2D eigenvalue weighted by atomic mass is 32.2. The van der Waals surface area contributed by atoms with Crippen molar-refractivity contribution in [2.45, 2.75) is 18.7 Å². The Hall–Kier alpha value is -2.98. The van der Waals surface area contributed by atoms with Gasteiger partial charge in [0.05, 0.1) is 35.3 Å². The third-order valence-corrected chi connectivity index (χ3v) is 6.00. The number of anilines is 2. The van der Waals surface area contributed by atoms with Crippen molar-refractivity contribution >= 4 is 21.7 Å². The number of hydrogen-bond donors (Lipinski definition) is 2. The smallest absolute Gasteiger partial charge is 0.240 e. The van der Waals surface area contributed by atoms with E-state index >= 15 is 0 Å². The van der Waals surface area contributed by atoms with E-state index in [1.807, 2.05) is 18.5 Å². The third-order valence-electron chi connectivity index (χ3n) is 4.44. The molecule has 3 aromatic rings. The van der Waals surface area contributed by atoms with E-state index in [1.54, 1.807) is 31.5 Å². The van der Waals surface area contributed by atoms with E-state index < -0.39 is 10.0 Å². The van der Waals surface area contributed by atoms with E-state index in [-0.39, 0.29) is 4.90 Å². The van der Waals surface area contributed by atoms with E-state index in [1.165, 1.54) is 20.2 Å². The molecule has 0 saturated carbocycles. The van der Waals surface area contributed by atoms with Gasteiger partial charge in [0.1, 0.15) is 11.6 Å². The van der Waals surface area contributed by atoms with Crippen LogP contribution in [0.15, 0.2) is 35.5 Å². The lowest BCUT2D eigenvalue weighted by molar-refractivity contribution is 0.415. The van der Waals surface area contributed by atoms with Crippen LogP contribution in [-0.2, 0) is 17.1 Å². The highest BCUT2D eigenvalue weighted by Crippen LogP contribution is 2.32. The molecule has 10 heteroatoms. The van der Waals surface area contributed by atoms with E-state index in [9.17, 15) is 8.42 Å². The number of methoxy groups -OCH3 is 1. The normalized spacial score (nSPS) is 11.5. The Kier molecular flexibility index (Phi) is 5.34. The van der Waals surface area contributed by atoms with Crippen LogP contribution in [0.3, 0.4) is 0 Å². The zero-order valence-electron chi connectivity index (χ0n) is 16.3. The summed E-state index contributed by atoms with van der Waals surface area (Å²) in [5, 5.41) is 3.11. The van der Waals surface area contributed by atoms with Gasteiger partial charge in [-0.05, 0) is 38.6 Å². The van der Waals surface area contributed by atoms with Gasteiger partial charge in [-0.15, -0.1) is 0 Å². The fourth-order valence-electron chi connectivity index (χ4n) is 2.76. The Labute approximate surface area is 163 Å². The molecule has 0 aliphatic heterocycles. The largest absolute Gasteiger partial charge is 0.495 e. The maximum absolute atomic E-state index is 12.2. The lowest BCUT2D eigenvalue weighted by Gasteiger charge is -2.15. The van der Waals surface area contributed by atoms with Gasteiger partial charge in [-0.2, -0.15) is 0 Å². The second-order valence-corrected chi connectivity index (χ2v) is 8.02. The van der Waals surface area contributed by atoms with Gasteiger partial charge in [0, 0.05) is 19.3 Å². The van der Waals surface area contributed by atoms with Gasteiger partial charge in [0.2, 0.25) is 16.0 Å². The topological polar surface area (TPSA) is 111 Å². The molecule has 0 bridgehead atoms. The first kappa shape index (κ1) is 19.8. The molecule has 0 aliphatic rings. The molecule has 2 N–H and O–H groups in total. The summed E-state index contributed by atoms with van der Waals surface area (Å²) in [6.07, 6.45) is 3.40. The Bertz CT molecular complexity index is 1120. The quantitative estimate of drug-likeness (QED) is 0.650. The predicted octanol–water partition coefficient (Wildman–Crippen LogP) is 2.15. The summed E-state index contributed by atoms with van der Waals surface area (Å²) in [6, 6.07) is 4.96. The fourth-order valence-corrected chi connectivity index (χ4v) is 3.72. The van der Waals surface area contributed by atoms with Crippen molar-refractivity contribution in [2.24, 2.45) is 7.05 Å². The zero-order chi connectivity index (χ0) is 20.5. The molecular formula is C18H22N6O3S. The summed E-state index contributed by atoms with van der Waals surface area (Å²) >= 11 is 0. The first-order valence-electron chi connectivity index (χ1n) is 8.47. The molecule has 0 radical (unpaired) electrons. The number of benzene rings is 1. The van der Waals surface area contributed by atoms with Crippen molar-refractivity contribution in [1.29, 1.82) is 0 Å². The Morgan fingerprint density at radius 2 is 1.93 bits per heavy atom. The number of nitrogens with one attached hydrogen (secondary N) is 2. The lowest BCUT2D eigenvalue weighted by Crippen LogP contribution is -2.19. The number of aryl methyl sites for hydroxylation is 2. The van der Waals surface area contributed by atoms with Gasteiger partial charge in [-0.25, -0.2) is 28.1 Å². The van der Waals surface area contributed by atoms with Crippen LogP contribution in [0.4, 0.5) is 11.6 Å². The first-order valence-corrected chi connectivity index (χ1v) is 9.96. The summed E-state index contributed by atoms with van der Waals surface area (Å²) in [5.41, 5.74) is 2.71. The lowest BCUT2D eigenvalue weighted by atomic mass is 10.2. The molecule has 2 aromatic heterocycles. The zero-order valence-corrected chi connectivity index (χ0v) is 17.1. The van der Waals surface area contributed by atoms with E-state index in [0.29, 0.717) is 28.6 Å². The van der Waals surface area contributed by atoms with Gasteiger partial charge >= 0.3 is 0 Å². The van der Waals surface area contributed by atoms with Crippen LogP contribution in [0.5, 0.6) is 5.75 Å². The average Bonchev–Trinajstić information content (AvgIpc) is 3.01. The van der Waals surface area contributed by atoms with Crippen LogP contribution >= 0.6 is 0 Å². The summed E-state index contributed by atoms with van der Waals surface area (Å²) in [7, 11) is 1.16. The summed E-state index contributed by atoms with van der Waals surface area (Å²) < 4.78 is 34.0. The minimum Gasteiger partial charge on any atom is -0.495 e. The van der Waals surface area contributed by atoms with Crippen LogP contribution in [0.2, 0.25) is 0 Å². The molecule has 9 nitrogen and oxygen atoms in total. The SMILES string of the molecule is CNS(=O)(=O)c1cc(OC)c(Nc2nccc(-c3cnc(C)n3C)n2)cc1C. The summed E-state index contributed by atoms with van der Waals surface area (Å²) in [5.74, 6) is 1.60. The molecule has 0 atom stereocenters. The highest BCUT2D eigenvalue weighted by Gasteiger charge is 2.19. The van der Waals surface area contributed by atoms with Crippen LogP contribution in [0.1, 0.15) is 11.4 Å². The van der Waals surface area contributed by atoms with Gasteiger partial charge in [-0.1, -0.05) is 0 Å². The third kappa shape index (κ3) is 3.69. The van der Waals surface area contributed by atoms with Crippen molar-refractivity contribution in [1.82, 2.24) is 24.2 Å². The molecule has 3 rings (SSSR count). The first-order chi connectivity index (χ1) is 13.3. The predicted molar refractivity (Wildman–Crippen MR) is 106 cm³/mol. The molecule has 0 aliphatic carbocycles. The number of rotatable bonds is 6. The standard InChI is InChI=1S/C18H22N6O3S/c1-11-8-14(16(27-5)9-17(11)28(25,26)19-3)23-18-20-7-6-13(22-18)15-10-21-12(2)24(15)4/h6-10,19H,1-5H3,(H,20,22,23). The molecular weight excluding hydrogens is 380 g/mol. The van der Waals surface area contributed by atoms with Crippen molar-refractivity contribution in [2.75, 3.05) is 19.5 Å². The van der Waals surface area contributed by atoms with E-state index in [4.69, 9.17) is 4.74 Å². The van der Waals surface area contributed by atoms with Crippen molar-refractivity contribution in [3.63, 3.8) is 0 Å². The number of ether oxygens (including phenoxy) is 1. The average molecular weight is 402 g/mol. The summed E-state index contributed by atoms with van der Waals surface area (Å²) in [4.78, 5) is 13.2. The Morgan fingerprint density at radius 3 is 2.54 bits per heavy atom. The number of imidazole rings is 1. The number of sulfonamides is 1. The molecule has 28 heavy (non-hydrogen) atoms. The van der Waals surface area contributed by atoms with Gasteiger partial charge in [-0.3, -0.25) is 0 Å². The Balaban J connectivity index is 1.99. The molecule has 0 saturated heterocycles. The molecule has 0 unspecified atom stereocenters. The molecule has 2 heterocycles. The van der Waals surface area contributed by atoms with Gasteiger partial charge in [0.25, 0.3) is 0 Å². The minimum atomic E-state index is -3.59. The highest BCUT2D eigenvalue weighted by molar-refractivity contribution is 7.89. The number of aromatic nitrogens is 4. The van der Waals surface area contributed by atoms with Gasteiger partial charge in [0.15, 0.2) is 0 Å². The summed E-state index contributed by atoms with van der Waals surface area (Å²) in [6.45, 7) is 3.63. The van der Waals surface area contributed by atoms with Crippen molar-refractivity contribution in [3.05, 3.63) is 42.0 Å². The number of nitrogens with zero attached hydrogens (tertiary/aromatic N) is 4. The number of hydrogen-bond acceptors (Lipinski definition) is 7. The Morgan fingerprint density at radius 1 is 1.18 bits per heavy atom. The maximum Gasteiger partial charge on any atom is 0.240 e. The van der Waals surface area contributed by atoms with E-state index in [0.717, 1.165) is 11.5 Å². The van der Waals surface area contributed by atoms with Crippen LogP contribution in [-0.4, -0.2) is 42.1 Å². The van der Waals surface area contributed by atoms with Gasteiger partial charge < -0.3 is 14.6 Å². The molecule has 0 amide bonds. The monoisotopic (exact) mass is 402 g/mol. The van der Waals surface area contributed by atoms with Crippen molar-refractivity contribution in [3.8, 4) is 17.1 Å². The molecule has 0 fully saturated rings. The second kappa shape index (κ2) is 7.56. The second-order valence-electron chi connectivity index (χ2n) is 6.17. The fraction of sp³-hybridized carbons (Fsp3) is 0.278. The minimum absolute atomic E-state index is 0.150. The molecule has 0 spiro atoms. The maximum atomic E-state index is 12.2.